The number of halogens is 6. The Labute approximate surface area is 186 Å². The molecule has 1 aliphatic rings. The average Bonchev–Trinajstić information content (AvgIpc) is 3.21. The van der Waals surface area contributed by atoms with Gasteiger partial charge in [0.15, 0.2) is 5.70 Å². The predicted molar refractivity (Wildman–Crippen MR) is 125 cm³/mol. The van der Waals surface area contributed by atoms with E-state index in [4.69, 9.17) is 57.9 Å². The summed E-state index contributed by atoms with van der Waals surface area (Å²) in [6.07, 6.45) is 7.78. The number of allylic oxidation sites excluding steroid dienone is 2. The first-order chi connectivity index (χ1) is 13.3. The molecule has 0 radical (unpaired) electrons. The Kier molecular flexibility index (Phi) is 6.45. The topological polar surface area (TPSA) is 43.0 Å². The van der Waals surface area contributed by atoms with Crippen LogP contribution in [0.25, 0.3) is 17.1 Å². The predicted octanol–water partition coefficient (Wildman–Crippen LogP) is 6.23. The van der Waals surface area contributed by atoms with Gasteiger partial charge in [-0.15, -0.1) is 5.10 Å². The van der Waals surface area contributed by atoms with E-state index in [9.17, 15) is 0 Å². The molecule has 1 aliphatic heterocycles. The van der Waals surface area contributed by atoms with Crippen molar-refractivity contribution in [3.8, 4) is 0 Å². The van der Waals surface area contributed by atoms with Gasteiger partial charge in [0.25, 0.3) is 0 Å². The SMILES string of the molecule is C1=CC(=Cc2ccccc2)[N+](On2nnc3ccccc32)=C1.[Cl][Sb-]([Cl])([Cl])([Cl])([Cl])[Cl]. The minimum atomic E-state index is -5.42. The second-order valence-electron chi connectivity index (χ2n) is 5.80. The van der Waals surface area contributed by atoms with Crippen molar-refractivity contribution in [2.45, 2.75) is 0 Å². The normalized spacial score (nSPS) is 17.3. The molecule has 0 spiro atoms. The summed E-state index contributed by atoms with van der Waals surface area (Å²) in [6, 6.07) is 17.8. The van der Waals surface area contributed by atoms with Crippen LogP contribution in [0, 0.1) is 0 Å². The van der Waals surface area contributed by atoms with E-state index in [0.717, 1.165) is 22.3 Å². The second kappa shape index (κ2) is 8.12. The van der Waals surface area contributed by atoms with Crippen LogP contribution >= 0.6 is 53.0 Å². The van der Waals surface area contributed by atoms with E-state index < -0.39 is 9.14 Å². The van der Waals surface area contributed by atoms with Gasteiger partial charge < -0.3 is 0 Å². The Hall–Kier alpha value is -0.652. The van der Waals surface area contributed by atoms with Crippen LogP contribution < -0.4 is 4.94 Å². The quantitative estimate of drug-likeness (QED) is 0.257. The van der Waals surface area contributed by atoms with Crippen LogP contribution in [0.5, 0.6) is 0 Å². The molecule has 0 saturated heterocycles. The van der Waals surface area contributed by atoms with E-state index in [-0.39, 0.29) is 0 Å². The molecule has 0 bridgehead atoms. The van der Waals surface area contributed by atoms with Gasteiger partial charge in [-0.05, 0) is 40.7 Å². The molecule has 2 heterocycles. The first-order valence-electron chi connectivity index (χ1n) is 7.98. The molecule has 4 rings (SSSR count). The number of nitrogens with zero attached hydrogens (tertiary/aromatic N) is 4. The van der Waals surface area contributed by atoms with E-state index >= 15 is 0 Å². The number of hydrogen-bond acceptors (Lipinski definition) is 3. The van der Waals surface area contributed by atoms with Crippen LogP contribution in [0.15, 0.2) is 72.4 Å². The van der Waals surface area contributed by atoms with Crippen molar-refractivity contribution in [2.75, 3.05) is 0 Å². The Morgan fingerprint density at radius 2 is 1.52 bits per heavy atom. The summed E-state index contributed by atoms with van der Waals surface area (Å²) in [5, 5.41) is 8.11. The molecule has 0 saturated carbocycles. The van der Waals surface area contributed by atoms with E-state index in [1.165, 1.54) is 4.85 Å². The molecule has 0 unspecified atom stereocenters. The van der Waals surface area contributed by atoms with Gasteiger partial charge in [0, 0.05) is 0 Å². The van der Waals surface area contributed by atoms with Crippen molar-refractivity contribution < 1.29 is 9.68 Å². The second-order valence-corrected chi connectivity index (χ2v) is 62.7. The van der Waals surface area contributed by atoms with Crippen LogP contribution in [0.3, 0.4) is 0 Å². The van der Waals surface area contributed by atoms with Gasteiger partial charge in [-0.2, -0.15) is 0 Å². The summed E-state index contributed by atoms with van der Waals surface area (Å²) < 4.78 is 1.66. The van der Waals surface area contributed by atoms with Crippen LogP contribution in [0.2, 0.25) is 0 Å². The van der Waals surface area contributed by atoms with Gasteiger partial charge in [0.2, 0.25) is 5.52 Å². The van der Waals surface area contributed by atoms with Crippen molar-refractivity contribution in [1.82, 2.24) is 15.2 Å². The summed E-state index contributed by atoms with van der Waals surface area (Å²) in [7, 11) is 25.0. The van der Waals surface area contributed by atoms with Gasteiger partial charge in [-0.1, -0.05) is 47.4 Å². The molecule has 154 valence electrons. The number of rotatable bonds is 3. The van der Waals surface area contributed by atoms with Crippen molar-refractivity contribution >= 4 is 85.4 Å². The van der Waals surface area contributed by atoms with E-state index in [1.807, 2.05) is 79.0 Å². The van der Waals surface area contributed by atoms with E-state index in [1.54, 1.807) is 4.74 Å². The molecule has 0 aliphatic carbocycles. The van der Waals surface area contributed by atoms with Crippen LogP contribution in [-0.2, 0) is 0 Å². The molecular formula is C17H13Cl6N4OSb. The van der Waals surface area contributed by atoms with Crippen LogP contribution in [0.4, 0.5) is 0 Å². The average molecular weight is 624 g/mol. The molecule has 0 fully saturated rings. The summed E-state index contributed by atoms with van der Waals surface area (Å²) in [5.41, 5.74) is 3.64. The minimum absolute atomic E-state index is 0.795. The summed E-state index contributed by atoms with van der Waals surface area (Å²) in [5.74, 6) is 0. The Morgan fingerprint density at radius 1 is 0.897 bits per heavy atom. The third-order valence-corrected chi connectivity index (χ3v) is 3.34. The van der Waals surface area contributed by atoms with Crippen LogP contribution in [-0.4, -0.2) is 35.3 Å². The fourth-order valence-corrected chi connectivity index (χ4v) is 2.28. The Bertz CT molecular complexity index is 1110. The molecule has 3 aromatic rings. The first-order valence-corrected chi connectivity index (χ1v) is 27.4. The number of para-hydroxylation sites is 1. The Morgan fingerprint density at radius 3 is 2.21 bits per heavy atom. The fraction of sp³-hybridized carbons (Fsp3) is 0. The molecule has 1 aromatic heterocycles. The van der Waals surface area contributed by atoms with E-state index in [2.05, 4.69) is 10.3 Å². The summed E-state index contributed by atoms with van der Waals surface area (Å²) in [6.45, 7) is 0. The zero-order valence-corrected chi connectivity index (χ0v) is 21.5. The van der Waals surface area contributed by atoms with E-state index in [0.29, 0.717) is 0 Å². The maximum atomic E-state index is 5.80. The zero-order chi connectivity index (χ0) is 21.2. The monoisotopic (exact) mass is 620 g/mol. The maximum absolute atomic E-state index is 5.80. The first kappa shape index (κ1) is 23.0. The molecule has 5 nitrogen and oxygen atoms in total. The van der Waals surface area contributed by atoms with Crippen LogP contribution in [0.1, 0.15) is 5.56 Å². The molecule has 2 aromatic carbocycles. The number of benzene rings is 2. The van der Waals surface area contributed by atoms with Gasteiger partial charge in [0.1, 0.15) is 11.7 Å². The van der Waals surface area contributed by atoms with Crippen molar-refractivity contribution in [1.29, 1.82) is 0 Å². The van der Waals surface area contributed by atoms with Gasteiger partial charge >= 0.3 is 62.1 Å². The summed E-state index contributed by atoms with van der Waals surface area (Å²) >= 11 is 0. The van der Waals surface area contributed by atoms with Gasteiger partial charge in [0.05, 0.1) is 10.1 Å². The van der Waals surface area contributed by atoms with Gasteiger partial charge in [-0.3, -0.25) is 0 Å². The summed E-state index contributed by atoms with van der Waals surface area (Å²) in [4.78, 5) is 7.22. The molecule has 0 atom stereocenters. The third kappa shape index (κ3) is 8.54. The van der Waals surface area contributed by atoms with Crippen molar-refractivity contribution in [3.05, 3.63) is 78.0 Å². The van der Waals surface area contributed by atoms with Crippen molar-refractivity contribution in [2.24, 2.45) is 0 Å². The number of hydrogen-bond donors (Lipinski definition) is 0. The molecule has 0 N–H and O–H groups in total. The van der Waals surface area contributed by atoms with Crippen molar-refractivity contribution in [3.63, 3.8) is 0 Å². The zero-order valence-electron chi connectivity index (χ0n) is 14.4. The Balaban J connectivity index is 0.000000298. The number of fused-ring (bicyclic) bond motifs is 1. The molecule has 12 heteroatoms. The molecular weight excluding hydrogens is 611 g/mol. The number of hydroxylamine groups is 1. The third-order valence-electron chi connectivity index (χ3n) is 3.34. The van der Waals surface area contributed by atoms with Gasteiger partial charge in [-0.25, -0.2) is 0 Å². The molecule has 29 heavy (non-hydrogen) atoms. The number of aromatic nitrogens is 3. The standard InChI is InChI=1S/C17H13N4O.6ClH.Sb/c1-2-7-14(8-3-1)13-15-9-6-12-20(15)22-21-17-11-5-4-10-16(17)18-19-21;;;;;;;/h1-13H;6*1H;/q+1;;;;;;;+5/p-6. The fourth-order valence-electron chi connectivity index (χ4n) is 2.28. The molecule has 0 amide bonds.